The van der Waals surface area contributed by atoms with Crippen molar-refractivity contribution in [3.05, 3.63) is 107 Å². The third-order valence-corrected chi connectivity index (χ3v) is 7.08. The lowest BCUT2D eigenvalue weighted by molar-refractivity contribution is -0.126. The first-order valence-corrected chi connectivity index (χ1v) is 12.4. The number of amides is 1. The van der Waals surface area contributed by atoms with Gasteiger partial charge in [0.25, 0.3) is 0 Å². The summed E-state index contributed by atoms with van der Waals surface area (Å²) in [7, 11) is 0. The largest absolute Gasteiger partial charge is 0.352 e. The summed E-state index contributed by atoms with van der Waals surface area (Å²) in [5, 5.41) is 4.29. The van der Waals surface area contributed by atoms with Crippen molar-refractivity contribution in [1.29, 1.82) is 0 Å². The van der Waals surface area contributed by atoms with E-state index in [2.05, 4.69) is 76.3 Å². The highest BCUT2D eigenvalue weighted by atomic mass is 19.1. The molecule has 3 aromatic carbocycles. The number of carbonyl (C=O) groups excluding carboxylic acids is 1. The van der Waals surface area contributed by atoms with E-state index in [4.69, 9.17) is 0 Å². The molecule has 180 valence electrons. The molecule has 35 heavy (non-hydrogen) atoms. The highest BCUT2D eigenvalue weighted by Crippen LogP contribution is 2.25. The van der Waals surface area contributed by atoms with E-state index in [-0.39, 0.29) is 17.6 Å². The maximum absolute atomic E-state index is 13.1. The van der Waals surface area contributed by atoms with Gasteiger partial charge in [-0.2, -0.15) is 0 Å². The number of nitrogens with zero attached hydrogens (tertiary/aromatic N) is 2. The summed E-state index contributed by atoms with van der Waals surface area (Å²) in [4.78, 5) is 15.2. The van der Waals surface area contributed by atoms with Crippen LogP contribution in [-0.4, -0.2) is 28.5 Å². The fourth-order valence-electron chi connectivity index (χ4n) is 4.98. The Hall–Kier alpha value is -3.44. The van der Waals surface area contributed by atoms with Gasteiger partial charge in [0, 0.05) is 36.8 Å². The van der Waals surface area contributed by atoms with E-state index in [1.807, 2.05) is 0 Å². The Labute approximate surface area is 206 Å². The van der Waals surface area contributed by atoms with Gasteiger partial charge in [0.05, 0.1) is 0 Å². The molecule has 0 saturated carbocycles. The van der Waals surface area contributed by atoms with Gasteiger partial charge in [-0.1, -0.05) is 60.2 Å². The predicted octanol–water partition coefficient (Wildman–Crippen LogP) is 5.67. The van der Waals surface area contributed by atoms with Crippen molar-refractivity contribution in [3.63, 3.8) is 0 Å². The van der Waals surface area contributed by atoms with Crippen LogP contribution in [0.4, 0.5) is 4.39 Å². The molecule has 0 bridgehead atoms. The maximum atomic E-state index is 13.1. The number of hydrogen-bond acceptors (Lipinski definition) is 2. The summed E-state index contributed by atoms with van der Waals surface area (Å²) in [5.41, 5.74) is 6.06. The number of aryl methyl sites for hydroxylation is 1. The van der Waals surface area contributed by atoms with Crippen LogP contribution in [0.1, 0.15) is 35.2 Å². The van der Waals surface area contributed by atoms with E-state index >= 15 is 0 Å². The van der Waals surface area contributed by atoms with Gasteiger partial charge in [-0.05, 0) is 73.6 Å². The minimum atomic E-state index is -0.259. The molecule has 5 rings (SSSR count). The lowest BCUT2D eigenvalue weighted by Gasteiger charge is -2.31. The minimum Gasteiger partial charge on any atom is -0.352 e. The van der Waals surface area contributed by atoms with Crippen molar-refractivity contribution in [2.24, 2.45) is 5.92 Å². The number of piperidine rings is 1. The number of hydrogen-bond donors (Lipinski definition) is 1. The molecule has 1 amide bonds. The Morgan fingerprint density at radius 3 is 2.34 bits per heavy atom. The van der Waals surface area contributed by atoms with Crippen molar-refractivity contribution >= 4 is 16.8 Å². The third-order valence-electron chi connectivity index (χ3n) is 7.08. The van der Waals surface area contributed by atoms with Crippen LogP contribution < -0.4 is 5.32 Å². The van der Waals surface area contributed by atoms with E-state index < -0.39 is 0 Å². The summed E-state index contributed by atoms with van der Waals surface area (Å²) >= 11 is 0. The monoisotopic (exact) mass is 469 g/mol. The summed E-state index contributed by atoms with van der Waals surface area (Å²) in [6.07, 6.45) is 1.71. The van der Waals surface area contributed by atoms with Crippen LogP contribution in [-0.2, 0) is 24.4 Å². The number of halogens is 1. The zero-order chi connectivity index (χ0) is 24.2. The number of nitrogens with one attached hydrogen (secondary N) is 1. The number of aromatic nitrogens is 1. The fraction of sp³-hybridized carbons (Fsp3) is 0.300. The van der Waals surface area contributed by atoms with Crippen molar-refractivity contribution < 1.29 is 9.18 Å². The van der Waals surface area contributed by atoms with E-state index in [0.29, 0.717) is 6.54 Å². The van der Waals surface area contributed by atoms with E-state index in [0.717, 1.165) is 44.6 Å². The molecular formula is C30H32FN3O. The predicted molar refractivity (Wildman–Crippen MR) is 138 cm³/mol. The summed E-state index contributed by atoms with van der Waals surface area (Å²) in [6, 6.07) is 26.0. The van der Waals surface area contributed by atoms with Gasteiger partial charge in [-0.3, -0.25) is 9.69 Å². The van der Waals surface area contributed by atoms with Crippen LogP contribution in [0.25, 0.3) is 10.9 Å². The molecule has 1 aliphatic rings. The highest BCUT2D eigenvalue weighted by molar-refractivity contribution is 5.81. The minimum absolute atomic E-state index is 0.0325. The number of fused-ring (bicyclic) bond motifs is 1. The van der Waals surface area contributed by atoms with Gasteiger partial charge in [-0.15, -0.1) is 0 Å². The number of likely N-dealkylation sites (tertiary alicyclic amines) is 1. The quantitative estimate of drug-likeness (QED) is 0.379. The van der Waals surface area contributed by atoms with Crippen LogP contribution in [0.3, 0.4) is 0 Å². The molecule has 0 spiro atoms. The number of carbonyl (C=O) groups is 1. The fourth-order valence-corrected chi connectivity index (χ4v) is 4.98. The van der Waals surface area contributed by atoms with Crippen LogP contribution in [0.5, 0.6) is 0 Å². The Morgan fingerprint density at radius 1 is 0.914 bits per heavy atom. The molecular weight excluding hydrogens is 437 g/mol. The van der Waals surface area contributed by atoms with Gasteiger partial charge >= 0.3 is 0 Å². The van der Waals surface area contributed by atoms with Crippen LogP contribution in [0, 0.1) is 18.7 Å². The first-order chi connectivity index (χ1) is 17.0. The lowest BCUT2D eigenvalue weighted by Crippen LogP contribution is -2.40. The molecule has 1 aromatic heterocycles. The third kappa shape index (κ3) is 5.63. The van der Waals surface area contributed by atoms with Gasteiger partial charge in [0.2, 0.25) is 5.91 Å². The smallest absolute Gasteiger partial charge is 0.223 e. The number of rotatable bonds is 7. The molecule has 0 atom stereocenters. The Bertz CT molecular complexity index is 1290. The van der Waals surface area contributed by atoms with Crippen molar-refractivity contribution in [2.75, 3.05) is 13.1 Å². The van der Waals surface area contributed by atoms with Crippen molar-refractivity contribution in [2.45, 2.75) is 39.4 Å². The second-order valence-corrected chi connectivity index (χ2v) is 9.66. The Balaban J connectivity index is 1.21. The molecule has 1 saturated heterocycles. The molecule has 0 aliphatic carbocycles. The summed E-state index contributed by atoms with van der Waals surface area (Å²) in [6.45, 7) is 6.10. The normalized spacial score (nSPS) is 14.9. The second-order valence-electron chi connectivity index (χ2n) is 9.66. The molecule has 4 nitrogen and oxygen atoms in total. The zero-order valence-corrected chi connectivity index (χ0v) is 20.2. The lowest BCUT2D eigenvalue weighted by atomic mass is 9.95. The average Bonchev–Trinajstić information content (AvgIpc) is 3.22. The molecule has 0 unspecified atom stereocenters. The van der Waals surface area contributed by atoms with Gasteiger partial charge in [0.15, 0.2) is 0 Å². The number of para-hydroxylation sites is 1. The molecule has 4 aromatic rings. The van der Waals surface area contributed by atoms with Crippen LogP contribution >= 0.6 is 0 Å². The number of benzene rings is 3. The maximum Gasteiger partial charge on any atom is 0.223 e. The molecule has 5 heteroatoms. The van der Waals surface area contributed by atoms with Gasteiger partial charge < -0.3 is 9.88 Å². The van der Waals surface area contributed by atoms with Crippen LogP contribution in [0.2, 0.25) is 0 Å². The molecule has 0 radical (unpaired) electrons. The van der Waals surface area contributed by atoms with Crippen molar-refractivity contribution in [1.82, 2.24) is 14.8 Å². The Morgan fingerprint density at radius 2 is 1.60 bits per heavy atom. The van der Waals surface area contributed by atoms with Crippen LogP contribution in [0.15, 0.2) is 78.9 Å². The summed E-state index contributed by atoms with van der Waals surface area (Å²) in [5.74, 6) is -0.127. The van der Waals surface area contributed by atoms with Gasteiger partial charge in [-0.25, -0.2) is 4.39 Å². The summed E-state index contributed by atoms with van der Waals surface area (Å²) < 4.78 is 15.5. The van der Waals surface area contributed by atoms with Gasteiger partial charge in [0.1, 0.15) is 5.82 Å². The SMILES string of the molecule is Cc1ccc(Cn2c(CN3CCC(C(=O)NCc4ccc(F)cc4)CC3)cc3ccccc32)cc1. The van der Waals surface area contributed by atoms with E-state index in [1.165, 1.54) is 39.9 Å². The molecule has 1 N–H and O–H groups in total. The molecule has 1 fully saturated rings. The highest BCUT2D eigenvalue weighted by Gasteiger charge is 2.25. The standard InChI is InChI=1S/C30H32FN3O/c1-22-6-8-24(9-7-22)20-34-28(18-26-4-2-3-5-29(26)34)21-33-16-14-25(15-17-33)30(35)32-19-23-10-12-27(31)13-11-23/h2-13,18,25H,14-17,19-21H2,1H3,(H,32,35). The first kappa shape index (κ1) is 23.3. The van der Waals surface area contributed by atoms with E-state index in [1.54, 1.807) is 12.1 Å². The average molecular weight is 470 g/mol. The molecule has 2 heterocycles. The second kappa shape index (κ2) is 10.4. The Kier molecular flexibility index (Phi) is 6.96. The van der Waals surface area contributed by atoms with E-state index in [9.17, 15) is 9.18 Å². The zero-order valence-electron chi connectivity index (χ0n) is 20.2. The van der Waals surface area contributed by atoms with Crippen molar-refractivity contribution in [3.8, 4) is 0 Å². The topological polar surface area (TPSA) is 37.3 Å². The first-order valence-electron chi connectivity index (χ1n) is 12.4. The molecule has 1 aliphatic heterocycles.